The molecule has 1 amide bonds. The Kier molecular flexibility index (Phi) is 3.80. The van der Waals surface area contributed by atoms with Gasteiger partial charge >= 0.3 is 5.97 Å². The molecule has 0 bridgehead atoms. The second kappa shape index (κ2) is 5.36. The van der Waals surface area contributed by atoms with Gasteiger partial charge in [0.1, 0.15) is 17.5 Å². The first-order valence-corrected chi connectivity index (χ1v) is 5.97. The Morgan fingerprint density at radius 2 is 2.16 bits per heavy atom. The molecule has 1 heterocycles. The van der Waals surface area contributed by atoms with Gasteiger partial charge in [-0.25, -0.2) is 9.18 Å². The van der Waals surface area contributed by atoms with E-state index in [-0.39, 0.29) is 11.8 Å². The molecule has 1 aliphatic heterocycles. The zero-order valence-corrected chi connectivity index (χ0v) is 10.4. The summed E-state index contributed by atoms with van der Waals surface area (Å²) in [7, 11) is 0. The molecule has 6 heteroatoms. The number of anilines is 1. The molecule has 2 atom stereocenters. The molecule has 2 N–H and O–H groups in total. The Balaban J connectivity index is 2.17. The lowest BCUT2D eigenvalue weighted by atomic mass is 10.1. The zero-order chi connectivity index (χ0) is 14.0. The molecule has 19 heavy (non-hydrogen) atoms. The van der Waals surface area contributed by atoms with E-state index in [0.717, 1.165) is 12.5 Å². The van der Waals surface area contributed by atoms with Gasteiger partial charge in [-0.15, -0.1) is 0 Å². The van der Waals surface area contributed by atoms with Crippen molar-refractivity contribution in [1.82, 2.24) is 0 Å². The molecular weight excluding hydrogens is 253 g/mol. The number of rotatable bonds is 3. The summed E-state index contributed by atoms with van der Waals surface area (Å²) in [5.74, 6) is -2.75. The van der Waals surface area contributed by atoms with Crippen LogP contribution in [0.2, 0.25) is 0 Å². The summed E-state index contributed by atoms with van der Waals surface area (Å²) in [5.41, 5.74) is -0.595. The highest BCUT2D eigenvalue weighted by Crippen LogP contribution is 2.23. The molecule has 2 rings (SSSR count). The Hall–Kier alpha value is -1.95. The van der Waals surface area contributed by atoms with E-state index in [0.29, 0.717) is 6.42 Å². The number of carbonyl (C=O) groups is 2. The number of carboxylic acid groups (broad SMARTS) is 1. The van der Waals surface area contributed by atoms with Crippen molar-refractivity contribution in [2.45, 2.75) is 32.0 Å². The molecule has 0 aromatic heterocycles. The van der Waals surface area contributed by atoms with E-state index in [1.54, 1.807) is 0 Å². The van der Waals surface area contributed by atoms with Gasteiger partial charge in [0.05, 0.1) is 11.8 Å². The highest BCUT2D eigenvalue weighted by Gasteiger charge is 2.29. The number of halogens is 1. The fourth-order valence-corrected chi connectivity index (χ4v) is 2.05. The summed E-state index contributed by atoms with van der Waals surface area (Å²) in [6, 6.07) is 3.73. The Labute approximate surface area is 109 Å². The standard InChI is InChI=1S/C13H14FNO4/c1-7-5-6-10(19-7)12(16)15-9-4-2-3-8(14)11(9)13(17)18/h2-4,7,10H,5-6H2,1H3,(H,15,16)(H,17,18). The minimum atomic E-state index is -1.42. The minimum Gasteiger partial charge on any atom is -0.478 e. The fraction of sp³-hybridized carbons (Fsp3) is 0.385. The average Bonchev–Trinajstić information content (AvgIpc) is 2.75. The predicted molar refractivity (Wildman–Crippen MR) is 65.6 cm³/mol. The third-order valence-electron chi connectivity index (χ3n) is 3.01. The van der Waals surface area contributed by atoms with E-state index in [9.17, 15) is 14.0 Å². The normalized spacial score (nSPS) is 22.2. The van der Waals surface area contributed by atoms with Gasteiger partial charge in [0, 0.05) is 0 Å². The molecule has 0 radical (unpaired) electrons. The topological polar surface area (TPSA) is 75.6 Å². The van der Waals surface area contributed by atoms with Crippen LogP contribution in [-0.4, -0.2) is 29.2 Å². The van der Waals surface area contributed by atoms with Crippen molar-refractivity contribution < 1.29 is 23.8 Å². The molecule has 5 nitrogen and oxygen atoms in total. The lowest BCUT2D eigenvalue weighted by Crippen LogP contribution is -2.28. The number of benzene rings is 1. The quantitative estimate of drug-likeness (QED) is 0.878. The molecule has 1 aromatic rings. The van der Waals surface area contributed by atoms with Gasteiger partial charge in [-0.05, 0) is 31.9 Å². The van der Waals surface area contributed by atoms with Gasteiger partial charge in [-0.1, -0.05) is 6.07 Å². The van der Waals surface area contributed by atoms with Crippen LogP contribution in [0.5, 0.6) is 0 Å². The first-order chi connectivity index (χ1) is 8.99. The zero-order valence-electron chi connectivity index (χ0n) is 10.4. The third-order valence-corrected chi connectivity index (χ3v) is 3.01. The number of hydrogen-bond donors (Lipinski definition) is 2. The number of hydrogen-bond acceptors (Lipinski definition) is 3. The largest absolute Gasteiger partial charge is 0.478 e. The maximum Gasteiger partial charge on any atom is 0.340 e. The maximum absolute atomic E-state index is 13.4. The summed E-state index contributed by atoms with van der Waals surface area (Å²) in [6.45, 7) is 1.86. The molecule has 0 spiro atoms. The monoisotopic (exact) mass is 267 g/mol. The third kappa shape index (κ3) is 2.90. The Bertz CT molecular complexity index is 517. The predicted octanol–water partition coefficient (Wildman–Crippen LogP) is 2.03. The Morgan fingerprint density at radius 3 is 2.74 bits per heavy atom. The van der Waals surface area contributed by atoms with Crippen LogP contribution in [0.1, 0.15) is 30.1 Å². The second-order valence-corrected chi connectivity index (χ2v) is 4.47. The highest BCUT2D eigenvalue weighted by molar-refractivity contribution is 6.02. The number of aromatic carboxylic acids is 1. The van der Waals surface area contributed by atoms with E-state index in [1.807, 2.05) is 6.92 Å². The molecular formula is C13H14FNO4. The summed E-state index contributed by atoms with van der Waals surface area (Å²) in [5, 5.41) is 11.4. The summed E-state index contributed by atoms with van der Waals surface area (Å²) in [4.78, 5) is 22.9. The van der Waals surface area contributed by atoms with Crippen molar-refractivity contribution in [1.29, 1.82) is 0 Å². The SMILES string of the molecule is CC1CCC(C(=O)Nc2cccc(F)c2C(=O)O)O1. The van der Waals surface area contributed by atoms with Gasteiger partial charge in [0.15, 0.2) is 0 Å². The molecule has 1 aliphatic rings. The number of ether oxygens (including phenoxy) is 1. The van der Waals surface area contributed by atoms with Crippen LogP contribution >= 0.6 is 0 Å². The number of amides is 1. The number of carboxylic acids is 1. The van der Waals surface area contributed by atoms with Crippen LogP contribution in [0.15, 0.2) is 18.2 Å². The molecule has 2 unspecified atom stereocenters. The first-order valence-electron chi connectivity index (χ1n) is 5.97. The van der Waals surface area contributed by atoms with Crippen LogP contribution in [0.25, 0.3) is 0 Å². The van der Waals surface area contributed by atoms with Gasteiger partial charge in [0.2, 0.25) is 0 Å². The smallest absolute Gasteiger partial charge is 0.340 e. The average molecular weight is 267 g/mol. The molecule has 0 aliphatic carbocycles. The van der Waals surface area contributed by atoms with E-state index in [1.165, 1.54) is 12.1 Å². The van der Waals surface area contributed by atoms with E-state index >= 15 is 0 Å². The van der Waals surface area contributed by atoms with Crippen LogP contribution in [0, 0.1) is 5.82 Å². The second-order valence-electron chi connectivity index (χ2n) is 4.47. The first kappa shape index (κ1) is 13.5. The van der Waals surface area contributed by atoms with Crippen molar-refractivity contribution >= 4 is 17.6 Å². The number of carbonyl (C=O) groups excluding carboxylic acids is 1. The van der Waals surface area contributed by atoms with E-state index in [4.69, 9.17) is 9.84 Å². The van der Waals surface area contributed by atoms with Crippen molar-refractivity contribution in [2.75, 3.05) is 5.32 Å². The highest BCUT2D eigenvalue weighted by atomic mass is 19.1. The molecule has 1 saturated heterocycles. The molecule has 102 valence electrons. The summed E-state index contributed by atoms with van der Waals surface area (Å²) >= 11 is 0. The van der Waals surface area contributed by atoms with Crippen molar-refractivity contribution in [2.24, 2.45) is 0 Å². The maximum atomic E-state index is 13.4. The molecule has 0 saturated carbocycles. The summed E-state index contributed by atoms with van der Waals surface area (Å²) in [6.07, 6.45) is 0.736. The van der Waals surface area contributed by atoms with Crippen LogP contribution < -0.4 is 5.32 Å². The van der Waals surface area contributed by atoms with Crippen molar-refractivity contribution in [3.63, 3.8) is 0 Å². The lowest BCUT2D eigenvalue weighted by molar-refractivity contribution is -0.126. The van der Waals surface area contributed by atoms with Gasteiger partial charge in [-0.3, -0.25) is 4.79 Å². The van der Waals surface area contributed by atoms with Gasteiger partial charge < -0.3 is 15.2 Å². The number of nitrogens with one attached hydrogen (secondary N) is 1. The van der Waals surface area contributed by atoms with Gasteiger partial charge in [-0.2, -0.15) is 0 Å². The summed E-state index contributed by atoms with van der Waals surface area (Å²) < 4.78 is 18.8. The Morgan fingerprint density at radius 1 is 1.42 bits per heavy atom. The van der Waals surface area contributed by atoms with E-state index < -0.39 is 29.4 Å². The van der Waals surface area contributed by atoms with Crippen LogP contribution in [-0.2, 0) is 9.53 Å². The van der Waals surface area contributed by atoms with Crippen molar-refractivity contribution in [3.8, 4) is 0 Å². The van der Waals surface area contributed by atoms with Crippen LogP contribution in [0.4, 0.5) is 10.1 Å². The molecule has 1 fully saturated rings. The van der Waals surface area contributed by atoms with Crippen molar-refractivity contribution in [3.05, 3.63) is 29.6 Å². The van der Waals surface area contributed by atoms with Crippen LogP contribution in [0.3, 0.4) is 0 Å². The fourth-order valence-electron chi connectivity index (χ4n) is 2.05. The van der Waals surface area contributed by atoms with E-state index in [2.05, 4.69) is 5.32 Å². The molecule has 1 aromatic carbocycles. The minimum absolute atomic E-state index is 0.00204. The van der Waals surface area contributed by atoms with Gasteiger partial charge in [0.25, 0.3) is 5.91 Å². The lowest BCUT2D eigenvalue weighted by Gasteiger charge is -2.13.